The zero-order chi connectivity index (χ0) is 19.4. The topological polar surface area (TPSA) is 66.8 Å². The van der Waals surface area contributed by atoms with Crippen molar-refractivity contribution in [3.05, 3.63) is 71.5 Å². The van der Waals surface area contributed by atoms with Gasteiger partial charge in [0.1, 0.15) is 18.5 Å². The van der Waals surface area contributed by atoms with E-state index in [0.717, 1.165) is 10.5 Å². The third-order valence-corrected chi connectivity index (χ3v) is 5.25. The van der Waals surface area contributed by atoms with E-state index in [1.165, 1.54) is 24.3 Å². The summed E-state index contributed by atoms with van der Waals surface area (Å²) in [5.41, 5.74) is 1.23. The van der Waals surface area contributed by atoms with E-state index in [1.807, 2.05) is 30.3 Å². The number of imide groups is 1. The third kappa shape index (κ3) is 4.30. The summed E-state index contributed by atoms with van der Waals surface area (Å²) in [5.74, 6) is -1.74. The first-order valence-corrected chi connectivity index (χ1v) is 10.1. The van der Waals surface area contributed by atoms with Gasteiger partial charge >= 0.3 is 6.09 Å². The van der Waals surface area contributed by atoms with Crippen LogP contribution in [0.1, 0.15) is 29.7 Å². The van der Waals surface area contributed by atoms with Gasteiger partial charge in [-0.15, -0.1) is 0 Å². The number of halogens is 2. The molecule has 5 nitrogen and oxygen atoms in total. The molecule has 3 atom stereocenters. The van der Waals surface area contributed by atoms with E-state index < -0.39 is 35.9 Å². The highest BCUT2D eigenvalue weighted by Gasteiger charge is 2.43. The Labute approximate surface area is 170 Å². The fourth-order valence-corrected chi connectivity index (χ4v) is 3.86. The molecule has 1 aliphatic heterocycles. The number of ether oxygens (including phenoxy) is 1. The summed E-state index contributed by atoms with van der Waals surface area (Å²) >= 11 is 2.12. The van der Waals surface area contributed by atoms with Gasteiger partial charge < -0.3 is 9.84 Å². The zero-order valence-electron chi connectivity index (χ0n) is 14.4. The van der Waals surface area contributed by atoms with Gasteiger partial charge in [-0.1, -0.05) is 65.1 Å². The van der Waals surface area contributed by atoms with Gasteiger partial charge in [0.2, 0.25) is 5.91 Å². The van der Waals surface area contributed by atoms with E-state index >= 15 is 0 Å². The van der Waals surface area contributed by atoms with Crippen LogP contribution < -0.4 is 0 Å². The highest BCUT2D eigenvalue weighted by molar-refractivity contribution is 14.1. The van der Waals surface area contributed by atoms with Crippen LogP contribution >= 0.6 is 22.6 Å². The van der Waals surface area contributed by atoms with Crippen molar-refractivity contribution in [2.75, 3.05) is 11.0 Å². The predicted octanol–water partition coefficient (Wildman–Crippen LogP) is 4.02. The number of nitrogens with zero attached hydrogens (tertiary/aromatic N) is 1. The second kappa shape index (κ2) is 8.79. The average molecular weight is 483 g/mol. The van der Waals surface area contributed by atoms with E-state index in [1.54, 1.807) is 0 Å². The number of benzene rings is 2. The lowest BCUT2D eigenvalue weighted by Crippen LogP contribution is -2.41. The molecule has 27 heavy (non-hydrogen) atoms. The van der Waals surface area contributed by atoms with E-state index in [-0.39, 0.29) is 6.61 Å². The van der Waals surface area contributed by atoms with Crippen molar-refractivity contribution in [3.63, 3.8) is 0 Å². The van der Waals surface area contributed by atoms with Crippen LogP contribution in [0.2, 0.25) is 0 Å². The minimum Gasteiger partial charge on any atom is -0.446 e. The van der Waals surface area contributed by atoms with Crippen LogP contribution in [0.5, 0.6) is 0 Å². The summed E-state index contributed by atoms with van der Waals surface area (Å²) in [7, 11) is 0. The van der Waals surface area contributed by atoms with Gasteiger partial charge in [-0.05, 0) is 29.7 Å². The first-order chi connectivity index (χ1) is 13.0. The number of cyclic esters (lactones) is 1. The fraction of sp³-hybridized carbons (Fsp3) is 0.300. The van der Waals surface area contributed by atoms with Gasteiger partial charge in [0.05, 0.1) is 12.0 Å². The Hall–Kier alpha value is -2.00. The van der Waals surface area contributed by atoms with Crippen molar-refractivity contribution in [2.24, 2.45) is 5.92 Å². The van der Waals surface area contributed by atoms with Crippen LogP contribution in [-0.2, 0) is 9.53 Å². The van der Waals surface area contributed by atoms with E-state index in [4.69, 9.17) is 4.74 Å². The summed E-state index contributed by atoms with van der Waals surface area (Å²) in [6.45, 7) is 0.0815. The minimum atomic E-state index is -1.14. The summed E-state index contributed by atoms with van der Waals surface area (Å²) in [6, 6.07) is 14.0. The minimum absolute atomic E-state index is 0.0815. The molecule has 0 aromatic heterocycles. The second-order valence-corrected chi connectivity index (χ2v) is 7.37. The fourth-order valence-electron chi connectivity index (χ4n) is 3.19. The monoisotopic (exact) mass is 483 g/mol. The van der Waals surface area contributed by atoms with Crippen LogP contribution in [0.15, 0.2) is 54.6 Å². The Balaban J connectivity index is 1.88. The predicted molar refractivity (Wildman–Crippen MR) is 106 cm³/mol. The molecule has 0 saturated carbocycles. The van der Waals surface area contributed by atoms with Crippen LogP contribution in [0.25, 0.3) is 0 Å². The van der Waals surface area contributed by atoms with Gasteiger partial charge in [0, 0.05) is 4.43 Å². The maximum absolute atomic E-state index is 13.2. The van der Waals surface area contributed by atoms with Crippen LogP contribution in [0.3, 0.4) is 0 Å². The molecule has 7 heteroatoms. The molecule has 0 unspecified atom stereocenters. The highest BCUT2D eigenvalue weighted by Crippen LogP contribution is 2.34. The number of alkyl halides is 1. The van der Waals surface area contributed by atoms with Crippen LogP contribution in [0, 0.1) is 11.7 Å². The van der Waals surface area contributed by atoms with Crippen LogP contribution in [-0.4, -0.2) is 33.0 Å². The summed E-state index contributed by atoms with van der Waals surface area (Å²) < 4.78 is 18.9. The van der Waals surface area contributed by atoms with Crippen molar-refractivity contribution in [3.8, 4) is 0 Å². The standard InChI is InChI=1S/C20H19FINO4/c21-15-8-6-14(7-9-15)18(24)16(10-11-22)19(25)23-17(12-27-20(23)26)13-4-2-1-3-5-13/h1-9,16-18,24H,10-12H2/t16-,17-,18-/m1/s1. The van der Waals surface area contributed by atoms with Gasteiger partial charge in [-0.2, -0.15) is 0 Å². The molecule has 0 radical (unpaired) electrons. The Morgan fingerprint density at radius 3 is 2.52 bits per heavy atom. The molecule has 142 valence electrons. The zero-order valence-corrected chi connectivity index (χ0v) is 16.6. The number of hydrogen-bond donors (Lipinski definition) is 1. The second-order valence-electron chi connectivity index (χ2n) is 6.29. The Kier molecular flexibility index (Phi) is 6.43. The summed E-state index contributed by atoms with van der Waals surface area (Å²) in [6.07, 6.45) is -1.47. The van der Waals surface area contributed by atoms with E-state index in [9.17, 15) is 19.1 Å². The molecular formula is C20H19FINO4. The van der Waals surface area contributed by atoms with Crippen molar-refractivity contribution < 1.29 is 23.8 Å². The van der Waals surface area contributed by atoms with Crippen LogP contribution in [0.4, 0.5) is 9.18 Å². The number of amides is 2. The van der Waals surface area contributed by atoms with Gasteiger partial charge in [-0.25, -0.2) is 14.1 Å². The maximum atomic E-state index is 13.2. The molecule has 1 aliphatic rings. The molecule has 1 N–H and O–H groups in total. The number of aliphatic hydroxyl groups is 1. The molecule has 0 bridgehead atoms. The number of hydrogen-bond acceptors (Lipinski definition) is 4. The molecule has 2 aromatic rings. The molecule has 1 saturated heterocycles. The lowest BCUT2D eigenvalue weighted by molar-refractivity contribution is -0.137. The largest absolute Gasteiger partial charge is 0.446 e. The normalized spacial score (nSPS) is 18.9. The molecular weight excluding hydrogens is 464 g/mol. The van der Waals surface area contributed by atoms with Crippen molar-refractivity contribution in [1.29, 1.82) is 0 Å². The Bertz CT molecular complexity index is 799. The van der Waals surface area contributed by atoms with Gasteiger partial charge in [0.25, 0.3) is 0 Å². The molecule has 0 aliphatic carbocycles. The van der Waals surface area contributed by atoms with Crippen molar-refractivity contribution in [1.82, 2.24) is 4.90 Å². The molecule has 1 heterocycles. The lowest BCUT2D eigenvalue weighted by Gasteiger charge is -2.28. The van der Waals surface area contributed by atoms with E-state index in [0.29, 0.717) is 16.4 Å². The quantitative estimate of drug-likeness (QED) is 0.498. The van der Waals surface area contributed by atoms with Crippen molar-refractivity contribution in [2.45, 2.75) is 18.6 Å². The summed E-state index contributed by atoms with van der Waals surface area (Å²) in [4.78, 5) is 26.6. The third-order valence-electron chi connectivity index (χ3n) is 4.62. The summed E-state index contributed by atoms with van der Waals surface area (Å²) in [5, 5.41) is 10.8. The smallest absolute Gasteiger partial charge is 0.417 e. The number of carbonyl (C=O) groups excluding carboxylic acids is 2. The molecule has 3 rings (SSSR count). The molecule has 2 amide bonds. The van der Waals surface area contributed by atoms with E-state index in [2.05, 4.69) is 22.6 Å². The Morgan fingerprint density at radius 1 is 1.22 bits per heavy atom. The van der Waals surface area contributed by atoms with Gasteiger partial charge in [-0.3, -0.25) is 4.79 Å². The maximum Gasteiger partial charge on any atom is 0.417 e. The SMILES string of the molecule is O=C1OC[C@H](c2ccccc2)N1C(=O)[C@H](CCI)[C@H](O)c1ccc(F)cc1. The van der Waals surface area contributed by atoms with Gasteiger partial charge in [0.15, 0.2) is 0 Å². The number of aliphatic hydroxyl groups excluding tert-OH is 1. The average Bonchev–Trinajstić information content (AvgIpc) is 3.08. The molecule has 2 aromatic carbocycles. The first kappa shape index (κ1) is 19.8. The Morgan fingerprint density at radius 2 is 1.89 bits per heavy atom. The highest BCUT2D eigenvalue weighted by atomic mass is 127. The van der Waals surface area contributed by atoms with Crippen molar-refractivity contribution >= 4 is 34.6 Å². The first-order valence-electron chi connectivity index (χ1n) is 8.57. The number of carbonyl (C=O) groups is 2. The lowest BCUT2D eigenvalue weighted by atomic mass is 9.91. The molecule has 1 fully saturated rings. The molecule has 0 spiro atoms. The number of rotatable bonds is 6.